The van der Waals surface area contributed by atoms with Crippen LogP contribution in [0.3, 0.4) is 0 Å². The first-order valence-electron chi connectivity index (χ1n) is 6.76. The molecular weight excluding hydrogens is 311 g/mol. The predicted octanol–water partition coefficient (Wildman–Crippen LogP) is 3.02. The first-order valence-corrected chi connectivity index (χ1v) is 6.76. The number of alkyl halides is 3. The Morgan fingerprint density at radius 2 is 1.83 bits per heavy atom. The molecule has 0 saturated carbocycles. The number of carbonyl (C=O) groups is 1. The predicted molar refractivity (Wildman–Crippen MR) is 74.6 cm³/mol. The van der Waals surface area contributed by atoms with Crippen LogP contribution in [0, 0.1) is 0 Å². The van der Waals surface area contributed by atoms with Crippen molar-refractivity contribution >= 4 is 5.91 Å². The van der Waals surface area contributed by atoms with Gasteiger partial charge in [0.25, 0.3) is 5.91 Å². The third kappa shape index (κ3) is 3.14. The number of ether oxygens (including phenoxy) is 1. The lowest BCUT2D eigenvalue weighted by Gasteiger charge is -2.10. The van der Waals surface area contributed by atoms with Crippen LogP contribution in [0.1, 0.15) is 33.3 Å². The van der Waals surface area contributed by atoms with E-state index in [0.717, 1.165) is 12.1 Å². The largest absolute Gasteiger partial charge is 0.489 e. The van der Waals surface area contributed by atoms with E-state index in [1.54, 1.807) is 6.07 Å². The Balaban J connectivity index is 1.70. The molecule has 0 fully saturated rings. The number of rotatable bonds is 3. The Morgan fingerprint density at radius 1 is 1.13 bits per heavy atom. The van der Waals surface area contributed by atoms with Gasteiger partial charge in [-0.15, -0.1) is 0 Å². The first-order chi connectivity index (χ1) is 10.8. The molecule has 0 radical (unpaired) electrons. The summed E-state index contributed by atoms with van der Waals surface area (Å²) in [6.07, 6.45) is -5.44. The van der Waals surface area contributed by atoms with E-state index < -0.39 is 18.0 Å². The van der Waals surface area contributed by atoms with Crippen molar-refractivity contribution in [2.24, 2.45) is 0 Å². The Morgan fingerprint density at radius 3 is 2.48 bits per heavy atom. The van der Waals surface area contributed by atoms with Crippen molar-refractivity contribution in [3.63, 3.8) is 0 Å². The number of amides is 1. The lowest BCUT2D eigenvalue weighted by atomic mass is 10.1. The van der Waals surface area contributed by atoms with E-state index in [-0.39, 0.29) is 12.5 Å². The van der Waals surface area contributed by atoms with Gasteiger partial charge in [0.15, 0.2) is 6.23 Å². The molecule has 0 saturated heterocycles. The number of aliphatic hydroxyl groups excluding tert-OH is 1. The zero-order valence-electron chi connectivity index (χ0n) is 11.7. The summed E-state index contributed by atoms with van der Waals surface area (Å²) >= 11 is 0. The lowest BCUT2D eigenvalue weighted by Crippen LogP contribution is -2.17. The molecule has 1 amide bonds. The molecule has 2 aromatic carbocycles. The second-order valence-electron chi connectivity index (χ2n) is 5.11. The molecule has 7 heteroatoms. The van der Waals surface area contributed by atoms with Gasteiger partial charge in [0.2, 0.25) is 0 Å². The van der Waals surface area contributed by atoms with Gasteiger partial charge in [0, 0.05) is 11.1 Å². The van der Waals surface area contributed by atoms with E-state index in [9.17, 15) is 23.1 Å². The van der Waals surface area contributed by atoms with Crippen LogP contribution >= 0.6 is 0 Å². The molecule has 1 atom stereocenters. The van der Waals surface area contributed by atoms with Crippen LogP contribution in [0.15, 0.2) is 42.5 Å². The van der Waals surface area contributed by atoms with E-state index in [2.05, 4.69) is 5.32 Å². The van der Waals surface area contributed by atoms with Gasteiger partial charge in [-0.1, -0.05) is 12.1 Å². The molecule has 120 valence electrons. The normalized spacial score (nSPS) is 16.9. The Labute approximate surface area is 129 Å². The van der Waals surface area contributed by atoms with Gasteiger partial charge in [-0.2, -0.15) is 13.2 Å². The molecule has 1 unspecified atom stereocenters. The molecule has 0 bridgehead atoms. The maximum absolute atomic E-state index is 12.5. The number of fused-ring (bicyclic) bond motifs is 1. The lowest BCUT2D eigenvalue weighted by molar-refractivity contribution is -0.137. The fourth-order valence-corrected chi connectivity index (χ4v) is 2.30. The van der Waals surface area contributed by atoms with Gasteiger partial charge >= 0.3 is 6.18 Å². The summed E-state index contributed by atoms with van der Waals surface area (Å²) in [6, 6.07) is 9.30. The van der Waals surface area contributed by atoms with Crippen molar-refractivity contribution < 1.29 is 27.8 Å². The van der Waals surface area contributed by atoms with E-state index in [4.69, 9.17) is 4.74 Å². The molecule has 3 rings (SSSR count). The number of hydrogen-bond acceptors (Lipinski definition) is 3. The summed E-state index contributed by atoms with van der Waals surface area (Å²) in [5.41, 5.74) is 0.652. The van der Waals surface area contributed by atoms with Gasteiger partial charge in [0.1, 0.15) is 12.4 Å². The van der Waals surface area contributed by atoms with Crippen molar-refractivity contribution in [3.05, 3.63) is 64.7 Å². The minimum atomic E-state index is -4.37. The monoisotopic (exact) mass is 323 g/mol. The standard InChI is InChI=1S/C16H12F3NO3/c17-16(18,19)10-3-1-9(2-4-10)8-23-11-5-6-12-13(7-11)15(22)20-14(12)21/h1-7,15,22H,8H2,(H,20,21). The smallest absolute Gasteiger partial charge is 0.416 e. The summed E-state index contributed by atoms with van der Waals surface area (Å²) in [5.74, 6) is 0.0565. The van der Waals surface area contributed by atoms with Crippen molar-refractivity contribution in [3.8, 4) is 5.75 Å². The van der Waals surface area contributed by atoms with Crippen LogP contribution < -0.4 is 10.1 Å². The summed E-state index contributed by atoms with van der Waals surface area (Å²) in [4.78, 5) is 11.5. The topological polar surface area (TPSA) is 58.6 Å². The quantitative estimate of drug-likeness (QED) is 0.913. The summed E-state index contributed by atoms with van der Waals surface area (Å²) in [5, 5.41) is 12.0. The molecule has 1 heterocycles. The highest BCUT2D eigenvalue weighted by molar-refractivity contribution is 5.99. The third-order valence-electron chi connectivity index (χ3n) is 3.52. The first kappa shape index (κ1) is 15.4. The van der Waals surface area contributed by atoms with Gasteiger partial charge < -0.3 is 15.2 Å². The average Bonchev–Trinajstić information content (AvgIpc) is 2.79. The third-order valence-corrected chi connectivity index (χ3v) is 3.52. The summed E-state index contributed by atoms with van der Waals surface area (Å²) in [7, 11) is 0. The van der Waals surface area contributed by atoms with Crippen LogP contribution in [-0.4, -0.2) is 11.0 Å². The Bertz CT molecular complexity index is 741. The van der Waals surface area contributed by atoms with Crippen LogP contribution in [0.5, 0.6) is 5.75 Å². The fraction of sp³-hybridized carbons (Fsp3) is 0.188. The molecule has 2 N–H and O–H groups in total. The van der Waals surface area contributed by atoms with E-state index >= 15 is 0 Å². The molecule has 0 spiro atoms. The second-order valence-corrected chi connectivity index (χ2v) is 5.11. The van der Waals surface area contributed by atoms with Crippen molar-refractivity contribution in [2.75, 3.05) is 0 Å². The summed E-state index contributed by atoms with van der Waals surface area (Å²) in [6.45, 7) is 0.0778. The van der Waals surface area contributed by atoms with Gasteiger partial charge in [-0.05, 0) is 35.9 Å². The highest BCUT2D eigenvalue weighted by Crippen LogP contribution is 2.30. The van der Waals surface area contributed by atoms with E-state index in [0.29, 0.717) is 22.4 Å². The molecule has 2 aromatic rings. The average molecular weight is 323 g/mol. The fourth-order valence-electron chi connectivity index (χ4n) is 2.30. The van der Waals surface area contributed by atoms with E-state index in [1.165, 1.54) is 24.3 Å². The molecule has 23 heavy (non-hydrogen) atoms. The van der Waals surface area contributed by atoms with Crippen LogP contribution in [0.4, 0.5) is 13.2 Å². The second kappa shape index (κ2) is 5.58. The minimum absolute atomic E-state index is 0.0778. The summed E-state index contributed by atoms with van der Waals surface area (Å²) < 4.78 is 42.9. The van der Waals surface area contributed by atoms with Crippen molar-refractivity contribution in [1.82, 2.24) is 5.32 Å². The number of aliphatic hydroxyl groups is 1. The highest BCUT2D eigenvalue weighted by Gasteiger charge is 2.30. The number of carbonyl (C=O) groups excluding carboxylic acids is 1. The molecule has 1 aliphatic rings. The van der Waals surface area contributed by atoms with Crippen LogP contribution in [0.2, 0.25) is 0 Å². The maximum Gasteiger partial charge on any atom is 0.416 e. The maximum atomic E-state index is 12.5. The number of benzene rings is 2. The van der Waals surface area contributed by atoms with Crippen molar-refractivity contribution in [2.45, 2.75) is 19.0 Å². The van der Waals surface area contributed by atoms with E-state index in [1.807, 2.05) is 0 Å². The molecule has 4 nitrogen and oxygen atoms in total. The molecule has 0 aromatic heterocycles. The Kier molecular flexibility index (Phi) is 3.73. The zero-order valence-corrected chi connectivity index (χ0v) is 11.7. The van der Waals surface area contributed by atoms with Gasteiger partial charge in [-0.25, -0.2) is 0 Å². The van der Waals surface area contributed by atoms with Crippen LogP contribution in [0.25, 0.3) is 0 Å². The highest BCUT2D eigenvalue weighted by atomic mass is 19.4. The Hall–Kier alpha value is -2.54. The number of nitrogens with one attached hydrogen (secondary N) is 1. The molecular formula is C16H12F3NO3. The molecule has 0 aliphatic carbocycles. The molecule has 1 aliphatic heterocycles. The number of hydrogen-bond donors (Lipinski definition) is 2. The zero-order chi connectivity index (χ0) is 16.6. The van der Waals surface area contributed by atoms with Crippen LogP contribution in [-0.2, 0) is 12.8 Å². The van der Waals surface area contributed by atoms with Gasteiger partial charge in [0.05, 0.1) is 5.56 Å². The SMILES string of the molecule is O=C1NC(O)c2cc(OCc3ccc(C(F)(F)F)cc3)ccc21. The van der Waals surface area contributed by atoms with Gasteiger partial charge in [-0.3, -0.25) is 4.79 Å². The minimum Gasteiger partial charge on any atom is -0.489 e. The van der Waals surface area contributed by atoms with Crippen molar-refractivity contribution in [1.29, 1.82) is 0 Å². The number of halogens is 3.